The Morgan fingerprint density at radius 2 is 1.80 bits per heavy atom. The van der Waals surface area contributed by atoms with Gasteiger partial charge in [-0.25, -0.2) is 0 Å². The molecule has 0 saturated carbocycles. The van der Waals surface area contributed by atoms with Gasteiger partial charge in [-0.15, -0.1) is 0 Å². The zero-order chi connectivity index (χ0) is 11.1. The third-order valence-electron chi connectivity index (χ3n) is 3.04. The fraction of sp³-hybridized carbons (Fsp3) is 0.643. The van der Waals surface area contributed by atoms with Crippen molar-refractivity contribution in [3.63, 3.8) is 0 Å². The van der Waals surface area contributed by atoms with E-state index in [1.54, 1.807) is 0 Å². The van der Waals surface area contributed by atoms with Gasteiger partial charge in [-0.05, 0) is 36.8 Å². The van der Waals surface area contributed by atoms with Crippen LogP contribution in [0.5, 0.6) is 0 Å². The van der Waals surface area contributed by atoms with Crippen molar-refractivity contribution >= 4 is 0 Å². The van der Waals surface area contributed by atoms with Gasteiger partial charge in [0.2, 0.25) is 0 Å². The summed E-state index contributed by atoms with van der Waals surface area (Å²) in [5, 5.41) is 0. The Morgan fingerprint density at radius 3 is 2.27 bits per heavy atom. The molecule has 0 saturated heterocycles. The Balaban J connectivity index is 2.66. The predicted molar refractivity (Wildman–Crippen MR) is 65.9 cm³/mol. The number of hydrogen-bond acceptors (Lipinski definition) is 1. The van der Waals surface area contributed by atoms with Crippen LogP contribution in [0.15, 0.2) is 24.4 Å². The Bertz CT molecular complexity index is 260. The summed E-state index contributed by atoms with van der Waals surface area (Å²) in [4.78, 5) is 4.43. The molecule has 1 heterocycles. The SMILES string of the molecule is CCCC(C)(CCC)Cc1ccccn1. The van der Waals surface area contributed by atoms with Gasteiger partial charge < -0.3 is 0 Å². The molecule has 15 heavy (non-hydrogen) atoms. The molecule has 1 rings (SSSR count). The number of pyridine rings is 1. The van der Waals surface area contributed by atoms with E-state index in [-0.39, 0.29) is 0 Å². The molecule has 0 unspecified atom stereocenters. The van der Waals surface area contributed by atoms with E-state index in [0.717, 1.165) is 6.42 Å². The molecule has 1 nitrogen and oxygen atoms in total. The summed E-state index contributed by atoms with van der Waals surface area (Å²) in [6.07, 6.45) is 8.16. The maximum Gasteiger partial charge on any atom is 0.0409 e. The summed E-state index contributed by atoms with van der Waals surface area (Å²) < 4.78 is 0. The molecule has 0 aromatic carbocycles. The highest BCUT2D eigenvalue weighted by Crippen LogP contribution is 2.32. The van der Waals surface area contributed by atoms with Crippen LogP contribution < -0.4 is 0 Å². The van der Waals surface area contributed by atoms with Crippen molar-refractivity contribution < 1.29 is 0 Å². The zero-order valence-corrected chi connectivity index (χ0v) is 10.3. The summed E-state index contributed by atoms with van der Waals surface area (Å²) >= 11 is 0. The first-order valence-corrected chi connectivity index (χ1v) is 6.10. The van der Waals surface area contributed by atoms with Gasteiger partial charge in [-0.2, -0.15) is 0 Å². The third kappa shape index (κ3) is 4.03. The molecule has 0 amide bonds. The molecule has 0 aliphatic rings. The van der Waals surface area contributed by atoms with Crippen LogP contribution in [0.25, 0.3) is 0 Å². The largest absolute Gasteiger partial charge is 0.261 e. The molecule has 0 N–H and O–H groups in total. The molecule has 0 radical (unpaired) electrons. The van der Waals surface area contributed by atoms with Crippen LogP contribution in [0.3, 0.4) is 0 Å². The van der Waals surface area contributed by atoms with Crippen LogP contribution in [0.2, 0.25) is 0 Å². The molecular weight excluding hydrogens is 182 g/mol. The van der Waals surface area contributed by atoms with Crippen molar-refractivity contribution in [3.8, 4) is 0 Å². The summed E-state index contributed by atoms with van der Waals surface area (Å²) in [5.41, 5.74) is 1.68. The van der Waals surface area contributed by atoms with E-state index in [0.29, 0.717) is 5.41 Å². The van der Waals surface area contributed by atoms with Gasteiger partial charge in [0.15, 0.2) is 0 Å². The second-order valence-electron chi connectivity index (χ2n) is 4.81. The van der Waals surface area contributed by atoms with Gasteiger partial charge in [-0.1, -0.05) is 39.7 Å². The van der Waals surface area contributed by atoms with Crippen molar-refractivity contribution in [2.24, 2.45) is 5.41 Å². The average molecular weight is 205 g/mol. The van der Waals surface area contributed by atoms with Crippen LogP contribution in [-0.2, 0) is 6.42 Å². The molecule has 0 spiro atoms. The van der Waals surface area contributed by atoms with Crippen LogP contribution in [-0.4, -0.2) is 4.98 Å². The average Bonchev–Trinajstić information content (AvgIpc) is 2.19. The van der Waals surface area contributed by atoms with Crippen molar-refractivity contribution in [2.75, 3.05) is 0 Å². The van der Waals surface area contributed by atoms with E-state index >= 15 is 0 Å². The van der Waals surface area contributed by atoms with Gasteiger partial charge in [0, 0.05) is 11.9 Å². The molecule has 84 valence electrons. The maximum absolute atomic E-state index is 4.43. The molecule has 0 aliphatic heterocycles. The van der Waals surface area contributed by atoms with Crippen LogP contribution >= 0.6 is 0 Å². The van der Waals surface area contributed by atoms with Gasteiger partial charge >= 0.3 is 0 Å². The highest BCUT2D eigenvalue weighted by Gasteiger charge is 2.22. The van der Waals surface area contributed by atoms with Crippen molar-refractivity contribution in [3.05, 3.63) is 30.1 Å². The van der Waals surface area contributed by atoms with E-state index in [4.69, 9.17) is 0 Å². The number of rotatable bonds is 6. The molecule has 0 fully saturated rings. The molecule has 1 heteroatoms. The van der Waals surface area contributed by atoms with Gasteiger partial charge in [0.05, 0.1) is 0 Å². The molecule has 0 bridgehead atoms. The molecule has 1 aromatic heterocycles. The Kier molecular flexibility index (Phi) is 4.80. The first-order valence-electron chi connectivity index (χ1n) is 6.10. The summed E-state index contributed by atoms with van der Waals surface area (Å²) in [7, 11) is 0. The van der Waals surface area contributed by atoms with Gasteiger partial charge in [0.1, 0.15) is 0 Å². The quantitative estimate of drug-likeness (QED) is 0.677. The fourth-order valence-electron chi connectivity index (χ4n) is 2.45. The minimum atomic E-state index is 0.442. The van der Waals surface area contributed by atoms with E-state index in [9.17, 15) is 0 Å². The Hall–Kier alpha value is -0.850. The van der Waals surface area contributed by atoms with E-state index < -0.39 is 0 Å². The first-order chi connectivity index (χ1) is 7.20. The van der Waals surface area contributed by atoms with E-state index in [2.05, 4.69) is 37.9 Å². The first kappa shape index (κ1) is 12.2. The van der Waals surface area contributed by atoms with Gasteiger partial charge in [-0.3, -0.25) is 4.98 Å². The van der Waals surface area contributed by atoms with Crippen LogP contribution in [0.1, 0.15) is 52.1 Å². The normalized spacial score (nSPS) is 11.7. The van der Waals surface area contributed by atoms with E-state index in [1.165, 1.54) is 31.4 Å². The lowest BCUT2D eigenvalue weighted by molar-refractivity contribution is 0.261. The lowest BCUT2D eigenvalue weighted by atomic mass is 9.77. The number of hydrogen-bond donors (Lipinski definition) is 0. The van der Waals surface area contributed by atoms with Crippen molar-refractivity contribution in [1.82, 2.24) is 4.98 Å². The van der Waals surface area contributed by atoms with Crippen LogP contribution in [0, 0.1) is 5.41 Å². The monoisotopic (exact) mass is 205 g/mol. The second-order valence-corrected chi connectivity index (χ2v) is 4.81. The second kappa shape index (κ2) is 5.89. The Morgan fingerprint density at radius 1 is 1.13 bits per heavy atom. The molecular formula is C14H23N. The standard InChI is InChI=1S/C14H23N/c1-4-9-14(3,10-5-2)12-13-8-6-7-11-15-13/h6-8,11H,4-5,9-10,12H2,1-3H3. The third-order valence-corrected chi connectivity index (χ3v) is 3.04. The molecule has 0 aliphatic carbocycles. The summed E-state index contributed by atoms with van der Waals surface area (Å²) in [5.74, 6) is 0. The minimum Gasteiger partial charge on any atom is -0.261 e. The lowest BCUT2D eigenvalue weighted by Crippen LogP contribution is -2.19. The number of aromatic nitrogens is 1. The van der Waals surface area contributed by atoms with Crippen molar-refractivity contribution in [1.29, 1.82) is 0 Å². The predicted octanol–water partition coefficient (Wildman–Crippen LogP) is 4.23. The highest BCUT2D eigenvalue weighted by molar-refractivity contribution is 5.06. The zero-order valence-electron chi connectivity index (χ0n) is 10.3. The summed E-state index contributed by atoms with van der Waals surface area (Å²) in [6.45, 7) is 6.94. The topological polar surface area (TPSA) is 12.9 Å². The Labute approximate surface area is 93.9 Å². The molecule has 0 atom stereocenters. The molecule has 1 aromatic rings. The summed E-state index contributed by atoms with van der Waals surface area (Å²) in [6, 6.07) is 6.21. The smallest absolute Gasteiger partial charge is 0.0409 e. The maximum atomic E-state index is 4.43. The van der Waals surface area contributed by atoms with Gasteiger partial charge in [0.25, 0.3) is 0 Å². The fourth-order valence-corrected chi connectivity index (χ4v) is 2.45. The minimum absolute atomic E-state index is 0.442. The van der Waals surface area contributed by atoms with Crippen molar-refractivity contribution in [2.45, 2.75) is 52.9 Å². The highest BCUT2D eigenvalue weighted by atomic mass is 14.7. The van der Waals surface area contributed by atoms with Crippen LogP contribution in [0.4, 0.5) is 0 Å². The number of nitrogens with zero attached hydrogens (tertiary/aromatic N) is 1. The lowest BCUT2D eigenvalue weighted by Gasteiger charge is -2.28. The van der Waals surface area contributed by atoms with E-state index in [1.807, 2.05) is 12.3 Å².